The third-order valence-electron chi connectivity index (χ3n) is 2.09. The molecule has 2 N–H and O–H groups in total. The van der Waals surface area contributed by atoms with Crippen molar-refractivity contribution in [2.45, 2.75) is 6.92 Å². The zero-order chi connectivity index (χ0) is 13.7. The SMILES string of the molecule is CC(=O)NCC=Cc1cc(F)c(F)cc1C(=O)O. The van der Waals surface area contributed by atoms with Gasteiger partial charge in [0.2, 0.25) is 5.91 Å². The lowest BCUT2D eigenvalue weighted by molar-refractivity contribution is -0.118. The van der Waals surface area contributed by atoms with Crippen LogP contribution < -0.4 is 5.32 Å². The van der Waals surface area contributed by atoms with E-state index >= 15 is 0 Å². The van der Waals surface area contributed by atoms with Crippen molar-refractivity contribution in [1.82, 2.24) is 5.32 Å². The lowest BCUT2D eigenvalue weighted by Gasteiger charge is -2.03. The Bertz CT molecular complexity index is 512. The first-order valence-corrected chi connectivity index (χ1v) is 5.05. The molecule has 0 heterocycles. The van der Waals surface area contributed by atoms with Crippen molar-refractivity contribution in [3.05, 3.63) is 41.0 Å². The van der Waals surface area contributed by atoms with Gasteiger partial charge in [-0.3, -0.25) is 4.79 Å². The number of carbonyl (C=O) groups is 2. The molecule has 0 unspecified atom stereocenters. The second-order valence-electron chi connectivity index (χ2n) is 3.50. The van der Waals surface area contributed by atoms with Gasteiger partial charge < -0.3 is 10.4 Å². The molecular weight excluding hydrogens is 244 g/mol. The lowest BCUT2D eigenvalue weighted by Crippen LogP contribution is -2.19. The molecule has 0 aromatic heterocycles. The molecule has 0 aliphatic carbocycles. The minimum Gasteiger partial charge on any atom is -0.478 e. The van der Waals surface area contributed by atoms with Crippen LogP contribution in [-0.4, -0.2) is 23.5 Å². The zero-order valence-electron chi connectivity index (χ0n) is 9.54. The van der Waals surface area contributed by atoms with Crippen molar-refractivity contribution in [2.75, 3.05) is 6.54 Å². The summed E-state index contributed by atoms with van der Waals surface area (Å²) in [6, 6.07) is 1.42. The predicted octanol–water partition coefficient (Wildman–Crippen LogP) is 1.81. The molecule has 0 aliphatic heterocycles. The molecule has 4 nitrogen and oxygen atoms in total. The molecule has 18 heavy (non-hydrogen) atoms. The van der Waals surface area contributed by atoms with Crippen molar-refractivity contribution >= 4 is 18.0 Å². The van der Waals surface area contributed by atoms with Gasteiger partial charge in [0.25, 0.3) is 0 Å². The normalized spacial score (nSPS) is 10.6. The van der Waals surface area contributed by atoms with Crippen molar-refractivity contribution in [2.24, 2.45) is 0 Å². The molecule has 0 saturated carbocycles. The Kier molecular flexibility index (Phi) is 4.53. The molecule has 1 amide bonds. The Morgan fingerprint density at radius 3 is 2.50 bits per heavy atom. The second-order valence-corrected chi connectivity index (χ2v) is 3.50. The van der Waals surface area contributed by atoms with E-state index < -0.39 is 17.6 Å². The molecule has 96 valence electrons. The molecule has 1 aromatic carbocycles. The number of nitrogens with one attached hydrogen (secondary N) is 1. The maximum atomic E-state index is 13.0. The van der Waals surface area contributed by atoms with Crippen LogP contribution in [0.15, 0.2) is 18.2 Å². The van der Waals surface area contributed by atoms with Crippen LogP contribution in [0.1, 0.15) is 22.8 Å². The summed E-state index contributed by atoms with van der Waals surface area (Å²) in [5.41, 5.74) is -0.306. The van der Waals surface area contributed by atoms with Gasteiger partial charge in [0, 0.05) is 13.5 Å². The van der Waals surface area contributed by atoms with Gasteiger partial charge in [-0.1, -0.05) is 12.2 Å². The third kappa shape index (κ3) is 3.65. The largest absolute Gasteiger partial charge is 0.478 e. The van der Waals surface area contributed by atoms with E-state index in [9.17, 15) is 18.4 Å². The highest BCUT2D eigenvalue weighted by Crippen LogP contribution is 2.16. The quantitative estimate of drug-likeness (QED) is 0.862. The summed E-state index contributed by atoms with van der Waals surface area (Å²) >= 11 is 0. The summed E-state index contributed by atoms with van der Waals surface area (Å²) in [7, 11) is 0. The number of carbonyl (C=O) groups excluding carboxylic acids is 1. The first-order chi connectivity index (χ1) is 8.41. The van der Waals surface area contributed by atoms with Crippen molar-refractivity contribution in [1.29, 1.82) is 0 Å². The van der Waals surface area contributed by atoms with Crippen LogP contribution in [0.3, 0.4) is 0 Å². The third-order valence-corrected chi connectivity index (χ3v) is 2.09. The first kappa shape index (κ1) is 13.8. The lowest BCUT2D eigenvalue weighted by atomic mass is 10.1. The Morgan fingerprint density at radius 1 is 1.33 bits per heavy atom. The van der Waals surface area contributed by atoms with Crippen LogP contribution >= 0.6 is 0 Å². The molecule has 6 heteroatoms. The number of benzene rings is 1. The number of halogens is 2. The molecule has 0 atom stereocenters. The highest BCUT2D eigenvalue weighted by molar-refractivity contribution is 5.92. The highest BCUT2D eigenvalue weighted by Gasteiger charge is 2.13. The number of hydrogen-bond acceptors (Lipinski definition) is 2. The van der Waals surface area contributed by atoms with E-state index in [2.05, 4.69) is 5.32 Å². The first-order valence-electron chi connectivity index (χ1n) is 5.05. The predicted molar refractivity (Wildman–Crippen MR) is 61.0 cm³/mol. The van der Waals surface area contributed by atoms with Crippen LogP contribution in [0.2, 0.25) is 0 Å². The number of carboxylic acids is 1. The Hall–Kier alpha value is -2.24. The average Bonchev–Trinajstić information content (AvgIpc) is 2.28. The van der Waals surface area contributed by atoms with Crippen molar-refractivity contribution in [3.63, 3.8) is 0 Å². The van der Waals surface area contributed by atoms with E-state index in [1.165, 1.54) is 19.1 Å². The van der Waals surface area contributed by atoms with Gasteiger partial charge in [0.15, 0.2) is 11.6 Å². The molecule has 1 aromatic rings. The zero-order valence-corrected chi connectivity index (χ0v) is 9.54. The smallest absolute Gasteiger partial charge is 0.336 e. The summed E-state index contributed by atoms with van der Waals surface area (Å²) in [4.78, 5) is 21.4. The monoisotopic (exact) mass is 255 g/mol. The number of amides is 1. The second kappa shape index (κ2) is 5.90. The van der Waals surface area contributed by atoms with Gasteiger partial charge >= 0.3 is 5.97 Å². The molecule has 1 rings (SSSR count). The summed E-state index contributed by atoms with van der Waals surface area (Å²) in [6.45, 7) is 1.50. The fourth-order valence-corrected chi connectivity index (χ4v) is 1.27. The van der Waals surface area contributed by atoms with E-state index in [4.69, 9.17) is 5.11 Å². The number of carboxylic acid groups (broad SMARTS) is 1. The summed E-state index contributed by atoms with van der Waals surface area (Å²) < 4.78 is 25.9. The topological polar surface area (TPSA) is 66.4 Å². The molecule has 0 bridgehead atoms. The molecule has 0 fully saturated rings. The van der Waals surface area contributed by atoms with Gasteiger partial charge in [0.05, 0.1) is 5.56 Å². The Labute approximate surface area is 102 Å². The van der Waals surface area contributed by atoms with Gasteiger partial charge in [-0.15, -0.1) is 0 Å². The van der Waals surface area contributed by atoms with Crippen LogP contribution in [-0.2, 0) is 4.79 Å². The maximum absolute atomic E-state index is 13.0. The Morgan fingerprint density at radius 2 is 1.94 bits per heavy atom. The van der Waals surface area contributed by atoms with E-state index in [1.807, 2.05) is 0 Å². The van der Waals surface area contributed by atoms with Gasteiger partial charge in [-0.05, 0) is 17.7 Å². The fraction of sp³-hybridized carbons (Fsp3) is 0.167. The molecular formula is C12H11F2NO3. The Balaban J connectivity index is 2.96. The van der Waals surface area contributed by atoms with Gasteiger partial charge in [0.1, 0.15) is 0 Å². The maximum Gasteiger partial charge on any atom is 0.336 e. The summed E-state index contributed by atoms with van der Waals surface area (Å²) in [6.07, 6.45) is 2.75. The van der Waals surface area contributed by atoms with Gasteiger partial charge in [-0.2, -0.15) is 0 Å². The van der Waals surface area contributed by atoms with Crippen LogP contribution in [0, 0.1) is 11.6 Å². The number of aromatic carboxylic acids is 1. The number of rotatable bonds is 4. The van der Waals surface area contributed by atoms with E-state index in [0.717, 1.165) is 6.07 Å². The standard InChI is InChI=1S/C12H11F2NO3/c1-7(16)15-4-2-3-8-5-10(13)11(14)6-9(8)12(17)18/h2-3,5-6H,4H2,1H3,(H,15,16)(H,17,18). The molecule has 0 saturated heterocycles. The van der Waals surface area contributed by atoms with Crippen molar-refractivity contribution in [3.8, 4) is 0 Å². The molecule has 0 radical (unpaired) electrons. The van der Waals surface area contributed by atoms with E-state index in [-0.39, 0.29) is 23.6 Å². The van der Waals surface area contributed by atoms with Crippen LogP contribution in [0.5, 0.6) is 0 Å². The molecule has 0 spiro atoms. The minimum absolute atomic E-state index is 0.0340. The highest BCUT2D eigenvalue weighted by atomic mass is 19.2. The van der Waals surface area contributed by atoms with Gasteiger partial charge in [-0.25, -0.2) is 13.6 Å². The van der Waals surface area contributed by atoms with E-state index in [0.29, 0.717) is 6.07 Å². The summed E-state index contributed by atoms with van der Waals surface area (Å²) in [5, 5.41) is 11.3. The summed E-state index contributed by atoms with van der Waals surface area (Å²) in [5.74, 6) is -3.94. The average molecular weight is 255 g/mol. The minimum atomic E-state index is -1.35. The van der Waals surface area contributed by atoms with E-state index in [1.54, 1.807) is 0 Å². The molecule has 0 aliphatic rings. The fourth-order valence-electron chi connectivity index (χ4n) is 1.27. The van der Waals surface area contributed by atoms with Crippen LogP contribution in [0.4, 0.5) is 8.78 Å². The van der Waals surface area contributed by atoms with Crippen LogP contribution in [0.25, 0.3) is 6.08 Å². The van der Waals surface area contributed by atoms with Crippen molar-refractivity contribution < 1.29 is 23.5 Å². The number of hydrogen-bond donors (Lipinski definition) is 2.